The van der Waals surface area contributed by atoms with Crippen LogP contribution in [0.25, 0.3) is 0 Å². The molecule has 6 nitrogen and oxygen atoms in total. The highest BCUT2D eigenvalue weighted by atomic mass is 16.6. The Kier molecular flexibility index (Phi) is 2.16. The number of hydrogen-bond donors (Lipinski definition) is 2. The van der Waals surface area contributed by atoms with Gasteiger partial charge in [0, 0.05) is 18.3 Å². The Balaban J connectivity index is 1.61. The maximum Gasteiger partial charge on any atom is 0.315 e. The van der Waals surface area contributed by atoms with Crippen LogP contribution in [0.15, 0.2) is 12.2 Å². The number of carboxylic acid groups (broad SMARTS) is 1. The molecule has 0 aromatic carbocycles. The topological polar surface area (TPSA) is 96.4 Å². The van der Waals surface area contributed by atoms with E-state index in [9.17, 15) is 19.8 Å². The number of rotatable bonds is 1. The van der Waals surface area contributed by atoms with Crippen molar-refractivity contribution in [2.75, 3.05) is 0 Å². The first-order chi connectivity index (χ1) is 11.7. The van der Waals surface area contributed by atoms with E-state index in [4.69, 9.17) is 9.47 Å². The minimum absolute atomic E-state index is 0.00251. The number of aliphatic hydroxyl groups is 1. The average molecular weight is 346 g/mol. The number of epoxide rings is 1. The van der Waals surface area contributed by atoms with E-state index >= 15 is 0 Å². The summed E-state index contributed by atoms with van der Waals surface area (Å²) < 4.78 is 11.9. The molecule has 0 radical (unpaired) electrons. The van der Waals surface area contributed by atoms with Crippen molar-refractivity contribution >= 4 is 11.9 Å². The van der Waals surface area contributed by atoms with Gasteiger partial charge in [-0.15, -0.1) is 0 Å². The van der Waals surface area contributed by atoms with Gasteiger partial charge >= 0.3 is 11.9 Å². The lowest BCUT2D eigenvalue weighted by Crippen LogP contribution is -2.50. The Morgan fingerprint density at radius 2 is 2.16 bits per heavy atom. The van der Waals surface area contributed by atoms with E-state index in [0.29, 0.717) is 32.1 Å². The Labute approximate surface area is 145 Å². The quantitative estimate of drug-likeness (QED) is 0.422. The SMILES string of the molecule is C=C1C[C@]23C[C@@]1(O)CC[C@H]2[C@@]12C[C@@H]4O[C@@H]4[C@@](C)(C(=O)O1)[C@H]2[C@@H]3C(=O)O. The summed E-state index contributed by atoms with van der Waals surface area (Å²) in [5.74, 6) is -2.29. The van der Waals surface area contributed by atoms with Crippen molar-refractivity contribution in [3.8, 4) is 0 Å². The summed E-state index contributed by atoms with van der Waals surface area (Å²) >= 11 is 0. The van der Waals surface area contributed by atoms with E-state index in [0.717, 1.165) is 5.57 Å². The van der Waals surface area contributed by atoms with E-state index in [1.54, 1.807) is 0 Å². The van der Waals surface area contributed by atoms with E-state index in [-0.39, 0.29) is 30.0 Å². The molecule has 6 rings (SSSR count). The van der Waals surface area contributed by atoms with E-state index in [1.165, 1.54) is 0 Å². The number of carbonyl (C=O) groups excluding carboxylic acids is 1. The van der Waals surface area contributed by atoms with Crippen LogP contribution in [-0.2, 0) is 19.1 Å². The van der Waals surface area contributed by atoms with Crippen molar-refractivity contribution < 1.29 is 29.3 Å². The molecule has 25 heavy (non-hydrogen) atoms. The molecule has 6 fully saturated rings. The predicted octanol–water partition coefficient (Wildman–Crippen LogP) is 1.27. The maximum absolute atomic E-state index is 12.8. The summed E-state index contributed by atoms with van der Waals surface area (Å²) in [6.45, 7) is 5.91. The summed E-state index contributed by atoms with van der Waals surface area (Å²) in [6, 6.07) is 0. The molecule has 4 saturated carbocycles. The van der Waals surface area contributed by atoms with Crippen LogP contribution in [-0.4, -0.2) is 45.6 Å². The third kappa shape index (κ3) is 1.25. The molecule has 0 unspecified atom stereocenters. The molecular weight excluding hydrogens is 324 g/mol. The first-order valence-corrected chi connectivity index (χ1v) is 9.21. The number of ether oxygens (including phenoxy) is 2. The Bertz CT molecular complexity index is 776. The Morgan fingerprint density at radius 3 is 2.88 bits per heavy atom. The standard InChI is InChI=1S/C19H22O6/c1-8-5-17-7-18(8,23)4-3-10(17)19-6-9-13(24-9)16(2,15(22)25-19)12(19)11(17)14(20)21/h9-13,23H,1,3-7H2,2H3,(H,20,21)/t9-,10+,11+,12+,13-,16-,17-,18-,19+/m0/s1. The van der Waals surface area contributed by atoms with Crippen LogP contribution < -0.4 is 0 Å². The van der Waals surface area contributed by atoms with E-state index in [2.05, 4.69) is 6.58 Å². The van der Waals surface area contributed by atoms with Crippen LogP contribution in [0.4, 0.5) is 0 Å². The molecule has 134 valence electrons. The molecule has 1 spiro atoms. The predicted molar refractivity (Wildman–Crippen MR) is 83.3 cm³/mol. The number of carboxylic acids is 1. The van der Waals surface area contributed by atoms with Gasteiger partial charge in [0.15, 0.2) is 0 Å². The lowest BCUT2D eigenvalue weighted by Gasteiger charge is -2.45. The van der Waals surface area contributed by atoms with Gasteiger partial charge in [0.2, 0.25) is 0 Å². The molecular formula is C19H22O6. The van der Waals surface area contributed by atoms with Crippen LogP contribution in [0, 0.1) is 28.6 Å². The monoisotopic (exact) mass is 346 g/mol. The zero-order valence-electron chi connectivity index (χ0n) is 14.2. The summed E-state index contributed by atoms with van der Waals surface area (Å²) in [7, 11) is 0. The molecule has 0 aromatic heterocycles. The van der Waals surface area contributed by atoms with Crippen molar-refractivity contribution in [1.82, 2.24) is 0 Å². The van der Waals surface area contributed by atoms with Crippen LogP contribution in [0.2, 0.25) is 0 Å². The fourth-order valence-electron chi connectivity index (χ4n) is 8.00. The van der Waals surface area contributed by atoms with Gasteiger partial charge < -0.3 is 19.7 Å². The van der Waals surface area contributed by atoms with Gasteiger partial charge in [-0.1, -0.05) is 6.58 Å². The second-order valence-corrected chi connectivity index (χ2v) is 9.53. The summed E-state index contributed by atoms with van der Waals surface area (Å²) in [4.78, 5) is 25.3. The zero-order chi connectivity index (χ0) is 17.6. The van der Waals surface area contributed by atoms with Crippen LogP contribution >= 0.6 is 0 Å². The van der Waals surface area contributed by atoms with Gasteiger partial charge in [-0.2, -0.15) is 0 Å². The minimum Gasteiger partial charge on any atom is -0.481 e. The summed E-state index contributed by atoms with van der Waals surface area (Å²) in [6.07, 6.45) is 2.59. The average Bonchev–Trinajstić information content (AvgIpc) is 3.16. The van der Waals surface area contributed by atoms with Crippen molar-refractivity contribution in [3.05, 3.63) is 12.2 Å². The van der Waals surface area contributed by atoms with Crippen molar-refractivity contribution in [3.63, 3.8) is 0 Å². The molecule has 6 heteroatoms. The molecule has 2 aliphatic heterocycles. The maximum atomic E-state index is 12.8. The third-order valence-electron chi connectivity index (χ3n) is 8.76. The van der Waals surface area contributed by atoms with Crippen LogP contribution in [0.5, 0.6) is 0 Å². The second-order valence-electron chi connectivity index (χ2n) is 9.53. The highest BCUT2D eigenvalue weighted by molar-refractivity contribution is 5.86. The lowest BCUT2D eigenvalue weighted by atomic mass is 9.60. The van der Waals surface area contributed by atoms with Gasteiger partial charge in [0.05, 0.1) is 17.6 Å². The molecule has 4 bridgehead atoms. The van der Waals surface area contributed by atoms with Gasteiger partial charge in [-0.3, -0.25) is 9.59 Å². The highest BCUT2D eigenvalue weighted by Gasteiger charge is 2.88. The van der Waals surface area contributed by atoms with Gasteiger partial charge in [0.25, 0.3) is 0 Å². The van der Waals surface area contributed by atoms with E-state index < -0.39 is 33.9 Å². The number of aliphatic carboxylic acids is 1. The Hall–Kier alpha value is -1.40. The van der Waals surface area contributed by atoms with Gasteiger partial charge in [-0.25, -0.2) is 0 Å². The number of fused-ring (bicyclic) bond motifs is 3. The fourth-order valence-corrected chi connectivity index (χ4v) is 8.00. The molecule has 0 amide bonds. The largest absolute Gasteiger partial charge is 0.481 e. The minimum atomic E-state index is -0.960. The molecule has 2 saturated heterocycles. The lowest BCUT2D eigenvalue weighted by molar-refractivity contribution is -0.165. The molecule has 6 aliphatic rings. The molecule has 9 atom stereocenters. The molecule has 0 aromatic rings. The fraction of sp³-hybridized carbons (Fsp3) is 0.789. The first-order valence-electron chi connectivity index (χ1n) is 9.21. The van der Waals surface area contributed by atoms with Crippen LogP contribution in [0.1, 0.15) is 39.0 Å². The second kappa shape index (κ2) is 3.67. The summed E-state index contributed by atoms with van der Waals surface area (Å²) in [5.41, 5.74) is -2.40. The molecule has 2 N–H and O–H groups in total. The Morgan fingerprint density at radius 1 is 1.40 bits per heavy atom. The van der Waals surface area contributed by atoms with Crippen LogP contribution in [0.3, 0.4) is 0 Å². The highest BCUT2D eigenvalue weighted by Crippen LogP contribution is 2.80. The summed E-state index contributed by atoms with van der Waals surface area (Å²) in [5, 5.41) is 21.2. The normalized spacial score (nSPS) is 62.9. The van der Waals surface area contributed by atoms with E-state index in [1.807, 2.05) is 6.92 Å². The number of carbonyl (C=O) groups is 2. The third-order valence-corrected chi connectivity index (χ3v) is 8.76. The van der Waals surface area contributed by atoms with Gasteiger partial charge in [-0.05, 0) is 43.6 Å². The van der Waals surface area contributed by atoms with Gasteiger partial charge in [0.1, 0.15) is 17.1 Å². The van der Waals surface area contributed by atoms with Crippen molar-refractivity contribution in [2.45, 2.75) is 62.4 Å². The molecule has 2 heterocycles. The zero-order valence-corrected chi connectivity index (χ0v) is 14.2. The smallest absolute Gasteiger partial charge is 0.315 e. The number of hydrogen-bond acceptors (Lipinski definition) is 5. The van der Waals surface area contributed by atoms with Crippen molar-refractivity contribution in [2.24, 2.45) is 28.6 Å². The molecule has 4 aliphatic carbocycles. The van der Waals surface area contributed by atoms with Crippen molar-refractivity contribution in [1.29, 1.82) is 0 Å². The number of esters is 1. The first kappa shape index (κ1) is 14.7.